The quantitative estimate of drug-likeness (QED) is 0.688. The second kappa shape index (κ2) is 4.09. The van der Waals surface area contributed by atoms with Crippen molar-refractivity contribution in [2.75, 3.05) is 6.54 Å². The van der Waals surface area contributed by atoms with Gasteiger partial charge in [0.25, 0.3) is 0 Å². The molecule has 13 heavy (non-hydrogen) atoms. The lowest BCUT2D eigenvalue weighted by Crippen LogP contribution is -2.47. The first-order chi connectivity index (χ1) is 6.02. The molecule has 0 aliphatic heterocycles. The predicted molar refractivity (Wildman–Crippen MR) is 51.3 cm³/mol. The summed E-state index contributed by atoms with van der Waals surface area (Å²) in [4.78, 5) is 11.2. The fourth-order valence-corrected chi connectivity index (χ4v) is 1.47. The number of hydrogen-bond acceptors (Lipinski definition) is 2. The van der Waals surface area contributed by atoms with Crippen LogP contribution in [0.1, 0.15) is 39.5 Å². The number of carbonyl (C=O) groups excluding carboxylic acids is 1. The van der Waals surface area contributed by atoms with Crippen LogP contribution in [0.5, 0.6) is 0 Å². The highest BCUT2D eigenvalue weighted by Crippen LogP contribution is 2.30. The van der Waals surface area contributed by atoms with Crippen LogP contribution in [0.15, 0.2) is 0 Å². The summed E-state index contributed by atoms with van der Waals surface area (Å²) < 4.78 is 0. The van der Waals surface area contributed by atoms with Crippen molar-refractivity contribution in [1.82, 2.24) is 5.32 Å². The second-order valence-electron chi connectivity index (χ2n) is 4.45. The highest BCUT2D eigenvalue weighted by atomic mass is 16.3. The summed E-state index contributed by atoms with van der Waals surface area (Å²) >= 11 is 0. The van der Waals surface area contributed by atoms with Crippen molar-refractivity contribution in [1.29, 1.82) is 0 Å². The van der Waals surface area contributed by atoms with E-state index >= 15 is 0 Å². The van der Waals surface area contributed by atoms with Crippen LogP contribution in [-0.4, -0.2) is 23.2 Å². The van der Waals surface area contributed by atoms with Crippen LogP contribution in [0.25, 0.3) is 0 Å². The lowest BCUT2D eigenvalue weighted by atomic mass is 9.80. The van der Waals surface area contributed by atoms with Gasteiger partial charge in [-0.25, -0.2) is 0 Å². The maximum atomic E-state index is 11.2. The average molecular weight is 185 g/mol. The van der Waals surface area contributed by atoms with E-state index in [1.807, 2.05) is 13.8 Å². The van der Waals surface area contributed by atoms with E-state index in [-0.39, 0.29) is 5.91 Å². The number of rotatable bonds is 4. The van der Waals surface area contributed by atoms with Crippen molar-refractivity contribution in [2.24, 2.45) is 5.92 Å². The Morgan fingerprint density at radius 1 is 1.54 bits per heavy atom. The van der Waals surface area contributed by atoms with E-state index in [0.717, 1.165) is 19.3 Å². The standard InChI is InChI=1S/C10H19NO2/c1-8(2)6-9(12)11-7-10(13)4-3-5-10/h8,13H,3-7H2,1-2H3,(H,11,12). The van der Waals surface area contributed by atoms with Gasteiger partial charge in [0, 0.05) is 13.0 Å². The van der Waals surface area contributed by atoms with Crippen LogP contribution in [0, 0.1) is 5.92 Å². The van der Waals surface area contributed by atoms with Gasteiger partial charge in [-0.3, -0.25) is 4.79 Å². The van der Waals surface area contributed by atoms with Crippen LogP contribution in [0.4, 0.5) is 0 Å². The maximum Gasteiger partial charge on any atom is 0.220 e. The molecule has 2 N–H and O–H groups in total. The molecule has 0 spiro atoms. The Morgan fingerprint density at radius 2 is 2.15 bits per heavy atom. The van der Waals surface area contributed by atoms with Crippen molar-refractivity contribution < 1.29 is 9.90 Å². The summed E-state index contributed by atoms with van der Waals surface area (Å²) in [7, 11) is 0. The van der Waals surface area contributed by atoms with E-state index in [0.29, 0.717) is 18.9 Å². The molecule has 3 heteroatoms. The van der Waals surface area contributed by atoms with Gasteiger partial charge in [-0.05, 0) is 25.2 Å². The van der Waals surface area contributed by atoms with Crippen LogP contribution in [-0.2, 0) is 4.79 Å². The fourth-order valence-electron chi connectivity index (χ4n) is 1.47. The summed E-state index contributed by atoms with van der Waals surface area (Å²) in [6, 6.07) is 0. The van der Waals surface area contributed by atoms with Crippen LogP contribution in [0.2, 0.25) is 0 Å². The van der Waals surface area contributed by atoms with Gasteiger partial charge in [-0.2, -0.15) is 0 Å². The van der Waals surface area contributed by atoms with Crippen LogP contribution < -0.4 is 5.32 Å². The molecule has 0 aromatic carbocycles. The van der Waals surface area contributed by atoms with Gasteiger partial charge >= 0.3 is 0 Å². The zero-order valence-electron chi connectivity index (χ0n) is 8.47. The molecule has 0 radical (unpaired) electrons. The minimum atomic E-state index is -0.591. The van der Waals surface area contributed by atoms with Gasteiger partial charge in [0.1, 0.15) is 0 Å². The molecule has 0 bridgehead atoms. The van der Waals surface area contributed by atoms with Crippen molar-refractivity contribution in [3.8, 4) is 0 Å². The molecule has 3 nitrogen and oxygen atoms in total. The van der Waals surface area contributed by atoms with Crippen LogP contribution >= 0.6 is 0 Å². The van der Waals surface area contributed by atoms with E-state index in [4.69, 9.17) is 0 Å². The van der Waals surface area contributed by atoms with E-state index in [2.05, 4.69) is 5.32 Å². The largest absolute Gasteiger partial charge is 0.388 e. The van der Waals surface area contributed by atoms with Gasteiger partial charge < -0.3 is 10.4 Å². The molecule has 0 heterocycles. The zero-order valence-corrected chi connectivity index (χ0v) is 8.47. The molecule has 1 amide bonds. The van der Waals surface area contributed by atoms with Gasteiger partial charge in [-0.1, -0.05) is 13.8 Å². The third kappa shape index (κ3) is 3.35. The topological polar surface area (TPSA) is 49.3 Å². The average Bonchev–Trinajstić information content (AvgIpc) is 1.96. The molecule has 0 atom stereocenters. The first-order valence-corrected chi connectivity index (χ1v) is 5.01. The Kier molecular flexibility index (Phi) is 3.31. The third-order valence-electron chi connectivity index (χ3n) is 2.49. The predicted octanol–water partition coefficient (Wildman–Crippen LogP) is 1.06. The highest BCUT2D eigenvalue weighted by molar-refractivity contribution is 5.76. The first kappa shape index (κ1) is 10.5. The van der Waals surface area contributed by atoms with Crippen molar-refractivity contribution in [2.45, 2.75) is 45.1 Å². The minimum Gasteiger partial charge on any atom is -0.388 e. The van der Waals surface area contributed by atoms with E-state index in [9.17, 15) is 9.90 Å². The van der Waals surface area contributed by atoms with Crippen molar-refractivity contribution in [3.05, 3.63) is 0 Å². The summed E-state index contributed by atoms with van der Waals surface area (Å²) in [5.41, 5.74) is -0.591. The third-order valence-corrected chi connectivity index (χ3v) is 2.49. The molecule has 0 saturated heterocycles. The summed E-state index contributed by atoms with van der Waals surface area (Å²) in [5.74, 6) is 0.436. The van der Waals surface area contributed by atoms with Gasteiger partial charge in [-0.15, -0.1) is 0 Å². The lowest BCUT2D eigenvalue weighted by Gasteiger charge is -2.36. The summed E-state index contributed by atoms with van der Waals surface area (Å²) in [5, 5.41) is 12.4. The van der Waals surface area contributed by atoms with Crippen molar-refractivity contribution in [3.63, 3.8) is 0 Å². The number of nitrogens with one attached hydrogen (secondary N) is 1. The molecule has 0 aromatic heterocycles. The van der Waals surface area contributed by atoms with E-state index in [1.165, 1.54) is 0 Å². The molecule has 0 unspecified atom stereocenters. The Balaban J connectivity index is 2.14. The van der Waals surface area contributed by atoms with Crippen molar-refractivity contribution >= 4 is 5.91 Å². The Labute approximate surface area is 79.5 Å². The Hall–Kier alpha value is -0.570. The van der Waals surface area contributed by atoms with E-state index in [1.54, 1.807) is 0 Å². The number of hydrogen-bond donors (Lipinski definition) is 2. The normalized spacial score (nSPS) is 19.7. The summed E-state index contributed by atoms with van der Waals surface area (Å²) in [6.07, 6.45) is 3.29. The number of amides is 1. The molecular formula is C10H19NO2. The molecule has 1 rings (SSSR count). The fraction of sp³-hybridized carbons (Fsp3) is 0.900. The Bertz CT molecular complexity index is 185. The molecule has 1 fully saturated rings. The SMILES string of the molecule is CC(C)CC(=O)NCC1(O)CCC1. The first-order valence-electron chi connectivity index (χ1n) is 5.01. The second-order valence-corrected chi connectivity index (χ2v) is 4.45. The minimum absolute atomic E-state index is 0.0512. The zero-order chi connectivity index (χ0) is 9.90. The molecule has 1 aliphatic rings. The monoisotopic (exact) mass is 185 g/mol. The Morgan fingerprint density at radius 3 is 2.54 bits per heavy atom. The highest BCUT2D eigenvalue weighted by Gasteiger charge is 2.34. The van der Waals surface area contributed by atoms with Gasteiger partial charge in [0.2, 0.25) is 5.91 Å². The number of carbonyl (C=O) groups is 1. The summed E-state index contributed by atoms with van der Waals surface area (Å²) in [6.45, 7) is 4.45. The van der Waals surface area contributed by atoms with Gasteiger partial charge in [0.05, 0.1) is 5.60 Å². The van der Waals surface area contributed by atoms with Crippen LogP contribution in [0.3, 0.4) is 0 Å². The molecular weight excluding hydrogens is 166 g/mol. The lowest BCUT2D eigenvalue weighted by molar-refractivity contribution is -0.124. The number of aliphatic hydroxyl groups is 1. The molecule has 1 aliphatic carbocycles. The molecule has 1 saturated carbocycles. The smallest absolute Gasteiger partial charge is 0.220 e. The maximum absolute atomic E-state index is 11.2. The van der Waals surface area contributed by atoms with Gasteiger partial charge in [0.15, 0.2) is 0 Å². The molecule has 0 aromatic rings. The van der Waals surface area contributed by atoms with E-state index < -0.39 is 5.60 Å². The molecule has 76 valence electrons.